The Morgan fingerprint density at radius 3 is 2.53 bits per heavy atom. The van der Waals surface area contributed by atoms with Crippen LogP contribution in [-0.4, -0.2) is 61.9 Å². The molecular formula is C13H23NO5. The summed E-state index contributed by atoms with van der Waals surface area (Å²) in [4.78, 5) is 25.0. The van der Waals surface area contributed by atoms with Crippen LogP contribution in [0.3, 0.4) is 0 Å². The largest absolute Gasteiger partial charge is 0.469 e. The highest BCUT2D eigenvalue weighted by molar-refractivity contribution is 5.80. The molecular weight excluding hydrogens is 250 g/mol. The second-order valence-corrected chi connectivity index (χ2v) is 4.62. The lowest BCUT2D eigenvalue weighted by Crippen LogP contribution is -2.42. The lowest BCUT2D eigenvalue weighted by molar-refractivity contribution is -0.143. The van der Waals surface area contributed by atoms with E-state index in [4.69, 9.17) is 9.84 Å². The molecule has 0 atom stereocenters. The third-order valence-corrected chi connectivity index (χ3v) is 3.32. The lowest BCUT2D eigenvalue weighted by atomic mass is 9.84. The predicted molar refractivity (Wildman–Crippen MR) is 68.5 cm³/mol. The fourth-order valence-electron chi connectivity index (χ4n) is 1.92. The smallest absolute Gasteiger partial charge is 0.307 e. The fraction of sp³-hybridized carbons (Fsp3) is 0.846. The van der Waals surface area contributed by atoms with E-state index in [0.717, 1.165) is 19.3 Å². The fourth-order valence-corrected chi connectivity index (χ4v) is 1.92. The van der Waals surface area contributed by atoms with Crippen molar-refractivity contribution in [3.63, 3.8) is 0 Å². The van der Waals surface area contributed by atoms with Gasteiger partial charge in [-0.3, -0.25) is 9.59 Å². The Bertz CT molecular complexity index is 291. The van der Waals surface area contributed by atoms with Crippen LogP contribution in [0.1, 0.15) is 25.7 Å². The summed E-state index contributed by atoms with van der Waals surface area (Å²) in [6, 6.07) is 0. The first-order chi connectivity index (χ1) is 9.19. The summed E-state index contributed by atoms with van der Waals surface area (Å²) in [6.07, 6.45) is 3.17. The number of methoxy groups -OCH3 is 1. The summed E-state index contributed by atoms with van der Waals surface area (Å²) in [5.41, 5.74) is 0. The average Bonchev–Trinajstić information content (AvgIpc) is 2.35. The van der Waals surface area contributed by atoms with E-state index in [1.165, 1.54) is 7.11 Å². The Morgan fingerprint density at radius 2 is 2.00 bits per heavy atom. The maximum Gasteiger partial charge on any atom is 0.307 e. The number of carbonyl (C=O) groups excluding carboxylic acids is 2. The second-order valence-electron chi connectivity index (χ2n) is 4.62. The predicted octanol–water partition coefficient (Wildman–Crippen LogP) is 0.187. The van der Waals surface area contributed by atoms with Crippen molar-refractivity contribution in [2.24, 2.45) is 5.92 Å². The number of nitrogens with zero attached hydrogens (tertiary/aromatic N) is 1. The van der Waals surface area contributed by atoms with Gasteiger partial charge in [-0.15, -0.1) is 0 Å². The maximum absolute atomic E-state index is 12.2. The van der Waals surface area contributed by atoms with E-state index in [1.54, 1.807) is 4.90 Å². The standard InChI is InChI=1S/C13H23NO5/c1-18-12(16)5-6-14(7-9-19-10-8-15)13(17)11-3-2-4-11/h11,15H,2-10H2,1H3. The van der Waals surface area contributed by atoms with Gasteiger partial charge >= 0.3 is 5.97 Å². The zero-order chi connectivity index (χ0) is 14.1. The molecule has 0 saturated heterocycles. The summed E-state index contributed by atoms with van der Waals surface area (Å²) in [5, 5.41) is 8.62. The van der Waals surface area contributed by atoms with Crippen molar-refractivity contribution in [3.8, 4) is 0 Å². The molecule has 0 spiro atoms. The zero-order valence-electron chi connectivity index (χ0n) is 11.5. The summed E-state index contributed by atoms with van der Waals surface area (Å²) in [7, 11) is 1.34. The Hall–Kier alpha value is -1.14. The van der Waals surface area contributed by atoms with Gasteiger partial charge in [-0.1, -0.05) is 6.42 Å². The molecule has 1 N–H and O–H groups in total. The van der Waals surface area contributed by atoms with Gasteiger partial charge in [0.15, 0.2) is 0 Å². The van der Waals surface area contributed by atoms with Crippen LogP contribution >= 0.6 is 0 Å². The molecule has 6 heteroatoms. The van der Waals surface area contributed by atoms with Gasteiger partial charge in [0.25, 0.3) is 0 Å². The van der Waals surface area contributed by atoms with Crippen molar-refractivity contribution in [1.82, 2.24) is 4.90 Å². The first kappa shape index (κ1) is 15.9. The highest BCUT2D eigenvalue weighted by Crippen LogP contribution is 2.28. The molecule has 1 aliphatic rings. The van der Waals surface area contributed by atoms with Crippen LogP contribution in [-0.2, 0) is 19.1 Å². The van der Waals surface area contributed by atoms with Gasteiger partial charge in [0.2, 0.25) is 5.91 Å². The molecule has 6 nitrogen and oxygen atoms in total. The molecule has 0 aromatic rings. The topological polar surface area (TPSA) is 76.1 Å². The van der Waals surface area contributed by atoms with Crippen molar-refractivity contribution >= 4 is 11.9 Å². The molecule has 1 rings (SSSR count). The number of esters is 1. The molecule has 0 heterocycles. The van der Waals surface area contributed by atoms with Gasteiger partial charge in [0, 0.05) is 19.0 Å². The Morgan fingerprint density at radius 1 is 1.26 bits per heavy atom. The highest BCUT2D eigenvalue weighted by Gasteiger charge is 2.29. The van der Waals surface area contributed by atoms with Crippen LogP contribution in [0.5, 0.6) is 0 Å². The number of aliphatic hydroxyl groups is 1. The summed E-state index contributed by atoms with van der Waals surface area (Å²) in [5.74, 6) is -0.110. The number of ether oxygens (including phenoxy) is 2. The zero-order valence-corrected chi connectivity index (χ0v) is 11.5. The number of rotatable bonds is 9. The first-order valence-electron chi connectivity index (χ1n) is 6.73. The van der Waals surface area contributed by atoms with Gasteiger partial charge in [-0.2, -0.15) is 0 Å². The van der Waals surface area contributed by atoms with E-state index < -0.39 is 0 Å². The van der Waals surface area contributed by atoms with Crippen LogP contribution in [0.25, 0.3) is 0 Å². The lowest BCUT2D eigenvalue weighted by Gasteiger charge is -2.31. The van der Waals surface area contributed by atoms with E-state index in [9.17, 15) is 9.59 Å². The highest BCUT2D eigenvalue weighted by atomic mass is 16.5. The van der Waals surface area contributed by atoms with Gasteiger partial charge < -0.3 is 19.5 Å². The molecule has 0 radical (unpaired) electrons. The van der Waals surface area contributed by atoms with Gasteiger partial charge in [0.05, 0.1) is 33.4 Å². The third-order valence-electron chi connectivity index (χ3n) is 3.32. The normalized spacial score (nSPS) is 14.8. The number of carbonyl (C=O) groups is 2. The minimum Gasteiger partial charge on any atom is -0.469 e. The van der Waals surface area contributed by atoms with E-state index in [1.807, 2.05) is 0 Å². The quantitative estimate of drug-likeness (QED) is 0.479. The van der Waals surface area contributed by atoms with Crippen molar-refractivity contribution in [2.75, 3.05) is 40.0 Å². The molecule has 0 aromatic heterocycles. The summed E-state index contributed by atoms with van der Waals surface area (Å²) < 4.78 is 9.75. The Balaban J connectivity index is 2.36. The molecule has 19 heavy (non-hydrogen) atoms. The minimum atomic E-state index is -0.317. The summed E-state index contributed by atoms with van der Waals surface area (Å²) >= 11 is 0. The van der Waals surface area contributed by atoms with E-state index in [0.29, 0.717) is 19.7 Å². The summed E-state index contributed by atoms with van der Waals surface area (Å²) in [6.45, 7) is 1.43. The molecule has 1 aliphatic carbocycles. The molecule has 1 saturated carbocycles. The van der Waals surface area contributed by atoms with Gasteiger partial charge in [-0.05, 0) is 12.8 Å². The van der Waals surface area contributed by atoms with Gasteiger partial charge in [0.1, 0.15) is 0 Å². The molecule has 0 unspecified atom stereocenters. The van der Waals surface area contributed by atoms with Crippen LogP contribution < -0.4 is 0 Å². The van der Waals surface area contributed by atoms with Crippen molar-refractivity contribution in [1.29, 1.82) is 0 Å². The van der Waals surface area contributed by atoms with Crippen molar-refractivity contribution in [3.05, 3.63) is 0 Å². The van der Waals surface area contributed by atoms with E-state index >= 15 is 0 Å². The molecule has 0 aromatic carbocycles. The molecule has 0 aliphatic heterocycles. The molecule has 1 amide bonds. The molecule has 0 bridgehead atoms. The number of amides is 1. The number of hydrogen-bond acceptors (Lipinski definition) is 5. The Labute approximate surface area is 113 Å². The van der Waals surface area contributed by atoms with Crippen LogP contribution in [0.2, 0.25) is 0 Å². The van der Waals surface area contributed by atoms with E-state index in [-0.39, 0.29) is 37.4 Å². The SMILES string of the molecule is COC(=O)CCN(CCOCCO)C(=O)C1CCC1. The van der Waals surface area contributed by atoms with Crippen molar-refractivity contribution in [2.45, 2.75) is 25.7 Å². The monoisotopic (exact) mass is 273 g/mol. The van der Waals surface area contributed by atoms with Gasteiger partial charge in [-0.25, -0.2) is 0 Å². The van der Waals surface area contributed by atoms with E-state index in [2.05, 4.69) is 4.74 Å². The minimum absolute atomic E-state index is 0.0290. The number of aliphatic hydroxyl groups excluding tert-OH is 1. The maximum atomic E-state index is 12.2. The van der Waals surface area contributed by atoms with Crippen LogP contribution in [0.4, 0.5) is 0 Å². The number of hydrogen-bond donors (Lipinski definition) is 1. The third kappa shape index (κ3) is 5.57. The molecule has 110 valence electrons. The Kier molecular flexibility index (Phi) is 7.43. The molecule has 1 fully saturated rings. The van der Waals surface area contributed by atoms with Crippen molar-refractivity contribution < 1.29 is 24.2 Å². The second kappa shape index (κ2) is 8.87. The van der Waals surface area contributed by atoms with Crippen LogP contribution in [0, 0.1) is 5.92 Å². The van der Waals surface area contributed by atoms with Crippen LogP contribution in [0.15, 0.2) is 0 Å². The first-order valence-corrected chi connectivity index (χ1v) is 6.73. The average molecular weight is 273 g/mol.